The number of carbonyl (C=O) groups excluding carboxylic acids is 1. The van der Waals surface area contributed by atoms with Crippen LogP contribution in [0.25, 0.3) is 0 Å². The smallest absolute Gasteiger partial charge is 0.315 e. The van der Waals surface area contributed by atoms with E-state index >= 15 is 0 Å². The summed E-state index contributed by atoms with van der Waals surface area (Å²) in [4.78, 5) is 12.2. The van der Waals surface area contributed by atoms with Crippen LogP contribution in [-0.4, -0.2) is 37.5 Å². The first-order valence-corrected chi connectivity index (χ1v) is 9.21. The van der Waals surface area contributed by atoms with E-state index in [1.807, 2.05) is 18.2 Å². The molecule has 1 unspecified atom stereocenters. The second kappa shape index (κ2) is 8.43. The maximum Gasteiger partial charge on any atom is 0.315 e. The molecule has 2 aliphatic rings. The van der Waals surface area contributed by atoms with E-state index < -0.39 is 0 Å². The molecule has 1 aliphatic heterocycles. The number of nitrogens with one attached hydrogen (secondary N) is 2. The molecule has 0 aromatic heterocycles. The minimum atomic E-state index is -0.214. The van der Waals surface area contributed by atoms with Crippen LogP contribution >= 0.6 is 0 Å². The summed E-state index contributed by atoms with van der Waals surface area (Å²) >= 11 is 0. The van der Waals surface area contributed by atoms with Crippen molar-refractivity contribution in [2.24, 2.45) is 5.92 Å². The van der Waals surface area contributed by atoms with Crippen molar-refractivity contribution in [1.82, 2.24) is 10.6 Å². The van der Waals surface area contributed by atoms with Crippen molar-refractivity contribution in [1.29, 1.82) is 0 Å². The molecular formula is C19H28N2O4. The molecule has 0 spiro atoms. The first kappa shape index (κ1) is 17.9. The minimum Gasteiger partial charge on any atom is -0.493 e. The molecule has 2 amide bonds. The Hall–Kier alpha value is -1.95. The number of urea groups is 1. The molecule has 1 heterocycles. The summed E-state index contributed by atoms with van der Waals surface area (Å²) in [5.74, 6) is 1.71. The highest BCUT2D eigenvalue weighted by Crippen LogP contribution is 2.39. The number of hydrogen-bond acceptors (Lipinski definition) is 4. The number of para-hydroxylation sites is 1. The lowest BCUT2D eigenvalue weighted by Crippen LogP contribution is -2.41. The van der Waals surface area contributed by atoms with Gasteiger partial charge in [0.1, 0.15) is 0 Å². The molecular weight excluding hydrogens is 320 g/mol. The quantitative estimate of drug-likeness (QED) is 0.764. The van der Waals surface area contributed by atoms with Crippen molar-refractivity contribution in [3.63, 3.8) is 0 Å². The Morgan fingerprint density at radius 1 is 1.32 bits per heavy atom. The number of amides is 2. The Morgan fingerprint density at radius 3 is 2.96 bits per heavy atom. The Bertz CT molecular complexity index is 593. The molecule has 138 valence electrons. The SMILES string of the molecule is COc1cccc2c1OCCC2NC(=O)NCC[C@@H]1CCCC[C@@H]1O. The first-order valence-electron chi connectivity index (χ1n) is 9.21. The monoisotopic (exact) mass is 348 g/mol. The van der Waals surface area contributed by atoms with Crippen LogP contribution in [0.1, 0.15) is 50.1 Å². The van der Waals surface area contributed by atoms with Crippen LogP contribution in [0, 0.1) is 5.92 Å². The number of hydrogen-bond donors (Lipinski definition) is 3. The topological polar surface area (TPSA) is 79.8 Å². The number of ether oxygens (including phenoxy) is 2. The molecule has 1 aliphatic carbocycles. The third-order valence-electron chi connectivity index (χ3n) is 5.23. The summed E-state index contributed by atoms with van der Waals surface area (Å²) in [7, 11) is 1.61. The fraction of sp³-hybridized carbons (Fsp3) is 0.632. The van der Waals surface area contributed by atoms with E-state index in [1.165, 1.54) is 6.42 Å². The maximum absolute atomic E-state index is 12.2. The molecule has 6 heteroatoms. The van der Waals surface area contributed by atoms with Gasteiger partial charge in [0.05, 0.1) is 25.9 Å². The van der Waals surface area contributed by atoms with Gasteiger partial charge in [-0.3, -0.25) is 0 Å². The van der Waals surface area contributed by atoms with Crippen molar-refractivity contribution in [3.05, 3.63) is 23.8 Å². The van der Waals surface area contributed by atoms with Crippen LogP contribution in [-0.2, 0) is 0 Å². The minimum absolute atomic E-state index is 0.0841. The van der Waals surface area contributed by atoms with E-state index in [0.29, 0.717) is 30.6 Å². The van der Waals surface area contributed by atoms with Gasteiger partial charge in [0.25, 0.3) is 0 Å². The average Bonchev–Trinajstić information content (AvgIpc) is 2.63. The van der Waals surface area contributed by atoms with Gasteiger partial charge in [-0.25, -0.2) is 4.79 Å². The van der Waals surface area contributed by atoms with Crippen LogP contribution in [0.2, 0.25) is 0 Å². The molecule has 6 nitrogen and oxygen atoms in total. The predicted octanol–water partition coefficient (Wildman–Crippen LogP) is 2.76. The Labute approximate surface area is 148 Å². The van der Waals surface area contributed by atoms with Crippen molar-refractivity contribution in [2.75, 3.05) is 20.3 Å². The second-order valence-corrected chi connectivity index (χ2v) is 6.87. The summed E-state index contributed by atoms with van der Waals surface area (Å²) < 4.78 is 11.0. The number of rotatable bonds is 5. The molecule has 25 heavy (non-hydrogen) atoms. The lowest BCUT2D eigenvalue weighted by Gasteiger charge is -2.29. The van der Waals surface area contributed by atoms with Crippen molar-refractivity contribution >= 4 is 6.03 Å². The highest BCUT2D eigenvalue weighted by atomic mass is 16.5. The number of methoxy groups -OCH3 is 1. The van der Waals surface area contributed by atoms with Crippen LogP contribution in [0.15, 0.2) is 18.2 Å². The zero-order valence-corrected chi connectivity index (χ0v) is 14.8. The molecule has 0 saturated heterocycles. The van der Waals surface area contributed by atoms with Crippen LogP contribution in [0.5, 0.6) is 11.5 Å². The van der Waals surface area contributed by atoms with Crippen molar-refractivity contribution < 1.29 is 19.4 Å². The van der Waals surface area contributed by atoms with E-state index in [1.54, 1.807) is 7.11 Å². The molecule has 1 saturated carbocycles. The van der Waals surface area contributed by atoms with Gasteiger partial charge in [-0.1, -0.05) is 25.0 Å². The third-order valence-corrected chi connectivity index (χ3v) is 5.23. The standard InChI is InChI=1S/C19H28N2O4/c1-24-17-8-4-6-14-15(10-12-25-18(14)17)21-19(23)20-11-9-13-5-2-3-7-16(13)22/h4,6,8,13,15-16,22H,2-3,5,7,9-12H2,1H3,(H2,20,21,23)/t13-,15?,16-/m0/s1. The van der Waals surface area contributed by atoms with Gasteiger partial charge >= 0.3 is 6.03 Å². The Kier molecular flexibility index (Phi) is 6.02. The van der Waals surface area contributed by atoms with Crippen LogP contribution in [0.4, 0.5) is 4.79 Å². The summed E-state index contributed by atoms with van der Waals surface area (Å²) in [5, 5.41) is 16.0. The average molecular weight is 348 g/mol. The van der Waals surface area contributed by atoms with E-state index in [0.717, 1.165) is 37.7 Å². The van der Waals surface area contributed by atoms with Crippen molar-refractivity contribution in [2.45, 2.75) is 50.7 Å². The molecule has 1 aromatic rings. The van der Waals surface area contributed by atoms with Crippen LogP contribution < -0.4 is 20.1 Å². The first-order chi connectivity index (χ1) is 12.2. The largest absolute Gasteiger partial charge is 0.493 e. The molecule has 3 atom stereocenters. The molecule has 0 radical (unpaired) electrons. The summed E-state index contributed by atoms with van der Waals surface area (Å²) in [6.45, 7) is 1.13. The maximum atomic E-state index is 12.2. The third kappa shape index (κ3) is 4.37. The van der Waals surface area contributed by atoms with E-state index in [9.17, 15) is 9.90 Å². The van der Waals surface area contributed by atoms with E-state index in [2.05, 4.69) is 10.6 Å². The van der Waals surface area contributed by atoms with Gasteiger partial charge < -0.3 is 25.2 Å². The Morgan fingerprint density at radius 2 is 2.16 bits per heavy atom. The second-order valence-electron chi connectivity index (χ2n) is 6.87. The van der Waals surface area contributed by atoms with Crippen molar-refractivity contribution in [3.8, 4) is 11.5 Å². The molecule has 3 rings (SSSR count). The number of benzene rings is 1. The molecule has 0 bridgehead atoms. The zero-order valence-electron chi connectivity index (χ0n) is 14.8. The molecule has 1 fully saturated rings. The fourth-order valence-electron chi connectivity index (χ4n) is 3.81. The van der Waals surface area contributed by atoms with E-state index in [4.69, 9.17) is 9.47 Å². The number of fused-ring (bicyclic) bond motifs is 1. The lowest BCUT2D eigenvalue weighted by molar-refractivity contribution is 0.0657. The summed E-state index contributed by atoms with van der Waals surface area (Å²) in [6, 6.07) is 5.46. The predicted molar refractivity (Wildman–Crippen MR) is 95.0 cm³/mol. The number of aliphatic hydroxyl groups is 1. The number of aliphatic hydroxyl groups excluding tert-OH is 1. The van der Waals surface area contributed by atoms with E-state index in [-0.39, 0.29) is 18.2 Å². The summed E-state index contributed by atoms with van der Waals surface area (Å²) in [5.41, 5.74) is 0.948. The van der Waals surface area contributed by atoms with Gasteiger partial charge in [0, 0.05) is 18.5 Å². The van der Waals surface area contributed by atoms with Gasteiger partial charge in [0.2, 0.25) is 0 Å². The summed E-state index contributed by atoms with van der Waals surface area (Å²) in [6.07, 6.45) is 5.57. The zero-order chi connectivity index (χ0) is 17.6. The Balaban J connectivity index is 1.50. The lowest BCUT2D eigenvalue weighted by atomic mass is 9.84. The molecule has 1 aromatic carbocycles. The fourth-order valence-corrected chi connectivity index (χ4v) is 3.81. The van der Waals surface area contributed by atoms with Gasteiger partial charge in [-0.2, -0.15) is 0 Å². The van der Waals surface area contributed by atoms with Gasteiger partial charge in [-0.05, 0) is 31.2 Å². The highest BCUT2D eigenvalue weighted by Gasteiger charge is 2.26. The molecule has 3 N–H and O–H groups in total. The normalized spacial score (nSPS) is 25.4. The number of carbonyl (C=O) groups is 1. The highest BCUT2D eigenvalue weighted by molar-refractivity contribution is 5.74. The van der Waals surface area contributed by atoms with Crippen LogP contribution in [0.3, 0.4) is 0 Å². The van der Waals surface area contributed by atoms with Gasteiger partial charge in [0.15, 0.2) is 11.5 Å². The van der Waals surface area contributed by atoms with Gasteiger partial charge in [-0.15, -0.1) is 0 Å².